The lowest BCUT2D eigenvalue weighted by Crippen LogP contribution is -2.42. The zero-order valence-electron chi connectivity index (χ0n) is 18.1. The van der Waals surface area contributed by atoms with Crippen molar-refractivity contribution in [1.82, 2.24) is 0 Å². The summed E-state index contributed by atoms with van der Waals surface area (Å²) in [6.07, 6.45) is 1.09. The zero-order valence-corrected chi connectivity index (χ0v) is 18.9. The predicted molar refractivity (Wildman–Crippen MR) is 121 cm³/mol. The molecule has 1 aliphatic heterocycles. The van der Waals surface area contributed by atoms with Crippen LogP contribution in [0.2, 0.25) is 0 Å². The number of nitriles is 1. The second kappa shape index (κ2) is 7.78. The third kappa shape index (κ3) is 3.47. The average Bonchev–Trinajstić information content (AvgIpc) is 3.26. The second-order valence-corrected chi connectivity index (χ2v) is 9.35. The number of anilines is 1. The van der Waals surface area contributed by atoms with Gasteiger partial charge >= 0.3 is 0 Å². The fraction of sp³-hybridized carbons (Fsp3) is 0.333. The molecule has 2 N–H and O–H groups in total. The molecule has 6 nitrogen and oxygen atoms in total. The molecule has 7 heteroatoms. The normalized spacial score (nSPS) is 20.4. The van der Waals surface area contributed by atoms with Crippen LogP contribution in [-0.4, -0.2) is 20.0 Å². The molecule has 2 aliphatic rings. The molecule has 4 rings (SSSR count). The van der Waals surface area contributed by atoms with E-state index in [-0.39, 0.29) is 11.2 Å². The number of hydrogen-bond acceptors (Lipinski definition) is 7. The molecule has 1 aromatic heterocycles. The van der Waals surface area contributed by atoms with Crippen molar-refractivity contribution in [3.05, 3.63) is 63.3 Å². The van der Waals surface area contributed by atoms with Gasteiger partial charge < -0.3 is 15.2 Å². The number of Topliss-reactive ketones (excluding diaryl/α,β-unsaturated/α-hetero) is 1. The van der Waals surface area contributed by atoms with Crippen molar-refractivity contribution in [3.63, 3.8) is 0 Å². The topological polar surface area (TPSA) is 88.6 Å². The Labute approximate surface area is 186 Å². The average molecular weight is 436 g/mol. The van der Waals surface area contributed by atoms with Gasteiger partial charge in [0.1, 0.15) is 17.3 Å². The summed E-state index contributed by atoms with van der Waals surface area (Å²) in [5.41, 5.74) is 9.89. The van der Waals surface area contributed by atoms with E-state index in [1.54, 1.807) is 31.6 Å². The first-order chi connectivity index (χ1) is 14.8. The summed E-state index contributed by atoms with van der Waals surface area (Å²) >= 11 is 1.54. The van der Waals surface area contributed by atoms with Crippen LogP contribution in [0.3, 0.4) is 0 Å². The number of rotatable bonds is 4. The molecule has 0 spiro atoms. The molecule has 31 heavy (non-hydrogen) atoms. The highest BCUT2D eigenvalue weighted by Crippen LogP contribution is 2.51. The van der Waals surface area contributed by atoms with Crippen LogP contribution in [0.1, 0.15) is 38.2 Å². The highest BCUT2D eigenvalue weighted by molar-refractivity contribution is 7.08. The Bertz CT molecular complexity index is 1140. The second-order valence-electron chi connectivity index (χ2n) is 8.57. The fourth-order valence-corrected chi connectivity index (χ4v) is 5.21. The molecule has 1 atom stereocenters. The molecule has 0 fully saturated rings. The molecule has 0 radical (unpaired) electrons. The van der Waals surface area contributed by atoms with E-state index in [9.17, 15) is 10.1 Å². The van der Waals surface area contributed by atoms with Gasteiger partial charge in [-0.2, -0.15) is 16.6 Å². The first-order valence-electron chi connectivity index (χ1n) is 10.0. The summed E-state index contributed by atoms with van der Waals surface area (Å²) < 4.78 is 11.0. The van der Waals surface area contributed by atoms with Gasteiger partial charge in [0.2, 0.25) is 0 Å². The first kappa shape index (κ1) is 21.0. The maximum Gasteiger partial charge on any atom is 0.162 e. The number of methoxy groups -OCH3 is 2. The number of ether oxygens (including phenoxy) is 2. The third-order valence-electron chi connectivity index (χ3n) is 5.89. The predicted octanol–water partition coefficient (Wildman–Crippen LogP) is 4.71. The molecule has 160 valence electrons. The van der Waals surface area contributed by atoms with Crippen molar-refractivity contribution in [2.45, 2.75) is 32.6 Å². The number of thiophene rings is 1. The minimum absolute atomic E-state index is 0.0557. The molecule has 0 amide bonds. The number of nitrogens with zero attached hydrogens (tertiary/aromatic N) is 2. The van der Waals surface area contributed by atoms with Gasteiger partial charge in [-0.15, -0.1) is 0 Å². The summed E-state index contributed by atoms with van der Waals surface area (Å²) in [5, 5.41) is 14.0. The molecule has 1 aliphatic carbocycles. The number of nitrogens with two attached hydrogens (primary N) is 1. The van der Waals surface area contributed by atoms with Gasteiger partial charge in [0.05, 0.1) is 37.5 Å². The SMILES string of the molecule is COc1ccc(N2C(N)=C(C#N)[C@H](c3ccsc3)C3=C2CC(C)(C)CC3=O)c(OC)c1. The fourth-order valence-electron chi connectivity index (χ4n) is 4.53. The van der Waals surface area contributed by atoms with Gasteiger partial charge in [-0.05, 0) is 46.4 Å². The quantitative estimate of drug-likeness (QED) is 0.748. The van der Waals surface area contributed by atoms with Crippen molar-refractivity contribution in [2.75, 3.05) is 19.1 Å². The molecule has 1 aromatic carbocycles. The van der Waals surface area contributed by atoms with Crippen LogP contribution >= 0.6 is 11.3 Å². The van der Waals surface area contributed by atoms with E-state index in [4.69, 9.17) is 15.2 Å². The van der Waals surface area contributed by atoms with Gasteiger partial charge in [-0.3, -0.25) is 9.69 Å². The number of ketones is 1. The maximum absolute atomic E-state index is 13.4. The van der Waals surface area contributed by atoms with E-state index >= 15 is 0 Å². The van der Waals surface area contributed by atoms with Gasteiger partial charge in [0.15, 0.2) is 5.78 Å². The number of allylic oxidation sites excluding steroid dienone is 3. The molecule has 2 aromatic rings. The number of carbonyl (C=O) groups is 1. The van der Waals surface area contributed by atoms with E-state index in [1.807, 2.05) is 33.9 Å². The van der Waals surface area contributed by atoms with Crippen molar-refractivity contribution < 1.29 is 14.3 Å². The maximum atomic E-state index is 13.4. The monoisotopic (exact) mass is 435 g/mol. The molecular weight excluding hydrogens is 410 g/mol. The smallest absolute Gasteiger partial charge is 0.162 e. The summed E-state index contributed by atoms with van der Waals surface area (Å²) in [7, 11) is 3.17. The van der Waals surface area contributed by atoms with E-state index in [2.05, 4.69) is 19.9 Å². The molecule has 0 unspecified atom stereocenters. The lowest BCUT2D eigenvalue weighted by molar-refractivity contribution is -0.118. The highest BCUT2D eigenvalue weighted by Gasteiger charge is 2.45. The largest absolute Gasteiger partial charge is 0.497 e. The van der Waals surface area contributed by atoms with Crippen LogP contribution in [-0.2, 0) is 4.79 Å². The van der Waals surface area contributed by atoms with Crippen LogP contribution in [0.5, 0.6) is 11.5 Å². The van der Waals surface area contributed by atoms with Gasteiger partial charge in [-0.25, -0.2) is 0 Å². The molecule has 2 heterocycles. The van der Waals surface area contributed by atoms with Gasteiger partial charge in [0, 0.05) is 23.8 Å². The Hall–Kier alpha value is -3.24. The Morgan fingerprint density at radius 2 is 2.00 bits per heavy atom. The summed E-state index contributed by atoms with van der Waals surface area (Å²) in [6.45, 7) is 4.16. The number of carbonyl (C=O) groups excluding carboxylic acids is 1. The van der Waals surface area contributed by atoms with Gasteiger partial charge in [-0.1, -0.05) is 13.8 Å². The van der Waals surface area contributed by atoms with Crippen LogP contribution in [0.15, 0.2) is 57.7 Å². The van der Waals surface area contributed by atoms with Crippen molar-refractivity contribution in [2.24, 2.45) is 11.1 Å². The Morgan fingerprint density at radius 3 is 2.61 bits per heavy atom. The highest BCUT2D eigenvalue weighted by atomic mass is 32.1. The lowest BCUT2D eigenvalue weighted by atomic mass is 9.69. The Balaban J connectivity index is 2.01. The Kier molecular flexibility index (Phi) is 5.28. The zero-order chi connectivity index (χ0) is 22.3. The van der Waals surface area contributed by atoms with Crippen molar-refractivity contribution in [3.8, 4) is 17.6 Å². The van der Waals surface area contributed by atoms with Gasteiger partial charge in [0.25, 0.3) is 0 Å². The minimum atomic E-state index is -0.449. The van der Waals surface area contributed by atoms with Crippen LogP contribution in [0.4, 0.5) is 5.69 Å². The summed E-state index contributed by atoms with van der Waals surface area (Å²) in [5.74, 6) is 1.13. The standard InChI is InChI=1S/C24H25N3O3S/c1-24(2)10-18-22(19(28)11-24)21(14-7-8-31-13-14)16(12-25)23(26)27(18)17-6-5-15(29-3)9-20(17)30-4/h5-9,13,21H,10-11,26H2,1-4H3/t21-/m0/s1. The van der Waals surface area contributed by atoms with Crippen LogP contribution < -0.4 is 20.1 Å². The minimum Gasteiger partial charge on any atom is -0.497 e. The first-order valence-corrected chi connectivity index (χ1v) is 11.0. The summed E-state index contributed by atoms with van der Waals surface area (Å²) in [6, 6.07) is 9.69. The van der Waals surface area contributed by atoms with Crippen molar-refractivity contribution >= 4 is 22.8 Å². The summed E-state index contributed by atoms with van der Waals surface area (Å²) in [4.78, 5) is 15.3. The molecular formula is C24H25N3O3S. The number of benzene rings is 1. The van der Waals surface area contributed by atoms with Crippen LogP contribution in [0, 0.1) is 16.7 Å². The molecule has 0 bridgehead atoms. The van der Waals surface area contributed by atoms with Crippen LogP contribution in [0.25, 0.3) is 0 Å². The number of hydrogen-bond donors (Lipinski definition) is 1. The van der Waals surface area contributed by atoms with E-state index < -0.39 is 5.92 Å². The molecule has 0 saturated heterocycles. The third-order valence-corrected chi connectivity index (χ3v) is 6.59. The Morgan fingerprint density at radius 1 is 1.23 bits per heavy atom. The van der Waals surface area contributed by atoms with Crippen molar-refractivity contribution in [1.29, 1.82) is 5.26 Å². The lowest BCUT2D eigenvalue weighted by Gasteiger charge is -2.43. The molecule has 0 saturated carbocycles. The van der Waals surface area contributed by atoms with E-state index in [0.717, 1.165) is 11.3 Å². The van der Waals surface area contributed by atoms with E-state index in [1.165, 1.54) is 0 Å². The van der Waals surface area contributed by atoms with E-state index in [0.29, 0.717) is 47.0 Å².